The fourth-order valence-electron chi connectivity index (χ4n) is 1.52. The number of halogens is 2. The summed E-state index contributed by atoms with van der Waals surface area (Å²) in [6.45, 7) is -1.11. The Kier molecular flexibility index (Phi) is 3.62. The van der Waals surface area contributed by atoms with E-state index in [-0.39, 0.29) is 5.56 Å². The van der Waals surface area contributed by atoms with E-state index in [0.29, 0.717) is 11.4 Å². The van der Waals surface area contributed by atoms with Gasteiger partial charge in [-0.3, -0.25) is 9.78 Å². The maximum absolute atomic E-state index is 13.6. The second-order valence-electron chi connectivity index (χ2n) is 3.59. The van der Waals surface area contributed by atoms with Gasteiger partial charge in [-0.25, -0.2) is 8.78 Å². The van der Waals surface area contributed by atoms with Crippen LogP contribution >= 0.6 is 0 Å². The zero-order valence-electron chi connectivity index (χ0n) is 9.36. The van der Waals surface area contributed by atoms with Gasteiger partial charge in [0.05, 0.1) is 5.69 Å². The van der Waals surface area contributed by atoms with Gasteiger partial charge in [0, 0.05) is 17.4 Å². The minimum absolute atomic E-state index is 0.257. The lowest BCUT2D eigenvalue weighted by Gasteiger charge is -2.07. The van der Waals surface area contributed by atoms with Crippen LogP contribution in [-0.4, -0.2) is 17.6 Å². The second kappa shape index (κ2) is 5.35. The molecular weight excluding hydrogens is 238 g/mol. The Morgan fingerprint density at radius 3 is 2.78 bits per heavy atom. The molecule has 0 aliphatic rings. The first-order valence-corrected chi connectivity index (χ1v) is 5.27. The maximum atomic E-state index is 13.6. The summed E-state index contributed by atoms with van der Waals surface area (Å²) in [5.41, 5.74) is 1.04. The van der Waals surface area contributed by atoms with E-state index in [2.05, 4.69) is 10.3 Å². The van der Waals surface area contributed by atoms with Gasteiger partial charge in [-0.05, 0) is 30.3 Å². The quantitative estimate of drug-likeness (QED) is 0.907. The van der Waals surface area contributed by atoms with Gasteiger partial charge in [-0.15, -0.1) is 0 Å². The lowest BCUT2D eigenvalue weighted by Crippen LogP contribution is -2.13. The molecular formula is C13H10F2N2O. The van der Waals surface area contributed by atoms with Crippen molar-refractivity contribution in [2.24, 2.45) is 0 Å². The molecule has 0 bridgehead atoms. The first kappa shape index (κ1) is 12.2. The van der Waals surface area contributed by atoms with Crippen LogP contribution in [0.1, 0.15) is 0 Å². The zero-order chi connectivity index (χ0) is 13.0. The number of hydrogen-bond acceptors (Lipinski definition) is 2. The summed E-state index contributed by atoms with van der Waals surface area (Å²) in [4.78, 5) is 14.9. The third-order valence-corrected chi connectivity index (χ3v) is 2.31. The van der Waals surface area contributed by atoms with E-state index >= 15 is 0 Å². The number of carbonyl (C=O) groups is 1. The molecule has 0 unspecified atom stereocenters. The minimum atomic E-state index is -1.11. The highest BCUT2D eigenvalue weighted by Gasteiger charge is 2.08. The van der Waals surface area contributed by atoms with Crippen LogP contribution in [0.3, 0.4) is 0 Å². The molecule has 0 saturated heterocycles. The molecule has 1 aromatic carbocycles. The Balaban J connectivity index is 2.36. The average molecular weight is 248 g/mol. The molecule has 0 saturated carbocycles. The fourth-order valence-corrected chi connectivity index (χ4v) is 1.52. The summed E-state index contributed by atoms with van der Waals surface area (Å²) in [5.74, 6) is -1.22. The van der Waals surface area contributed by atoms with Crippen molar-refractivity contribution in [3.05, 3.63) is 48.4 Å². The first-order valence-electron chi connectivity index (χ1n) is 5.27. The molecule has 2 rings (SSSR count). The van der Waals surface area contributed by atoms with Crippen LogP contribution in [-0.2, 0) is 4.79 Å². The Bertz CT molecular complexity index is 558. The molecule has 0 aliphatic carbocycles. The number of amides is 1. The summed E-state index contributed by atoms with van der Waals surface area (Å²) in [6, 6.07) is 9.10. The van der Waals surface area contributed by atoms with Crippen LogP contribution in [0.25, 0.3) is 11.3 Å². The van der Waals surface area contributed by atoms with E-state index in [1.807, 2.05) is 0 Å². The fraction of sp³-hybridized carbons (Fsp3) is 0.0769. The smallest absolute Gasteiger partial charge is 0.255 e. The van der Waals surface area contributed by atoms with E-state index in [1.54, 1.807) is 24.4 Å². The Morgan fingerprint density at radius 1 is 1.28 bits per heavy atom. The summed E-state index contributed by atoms with van der Waals surface area (Å²) < 4.78 is 25.7. The van der Waals surface area contributed by atoms with Crippen molar-refractivity contribution in [3.63, 3.8) is 0 Å². The van der Waals surface area contributed by atoms with E-state index in [9.17, 15) is 13.6 Å². The Morgan fingerprint density at radius 2 is 2.11 bits per heavy atom. The number of hydrogen-bond donors (Lipinski definition) is 1. The van der Waals surface area contributed by atoms with Crippen LogP contribution in [0.15, 0.2) is 42.6 Å². The van der Waals surface area contributed by atoms with Gasteiger partial charge >= 0.3 is 0 Å². The molecule has 0 atom stereocenters. The largest absolute Gasteiger partial charge is 0.324 e. The molecule has 1 aromatic heterocycles. The predicted octanol–water partition coefficient (Wildman–Crippen LogP) is 2.80. The number of alkyl halides is 1. The number of rotatable bonds is 3. The van der Waals surface area contributed by atoms with Crippen LogP contribution in [0.2, 0.25) is 0 Å². The predicted molar refractivity (Wildman–Crippen MR) is 64.2 cm³/mol. The first-order chi connectivity index (χ1) is 8.70. The molecule has 18 heavy (non-hydrogen) atoms. The van der Waals surface area contributed by atoms with Gasteiger partial charge in [-0.1, -0.05) is 6.07 Å². The molecule has 0 fully saturated rings. The molecule has 1 heterocycles. The van der Waals surface area contributed by atoms with Crippen molar-refractivity contribution in [1.29, 1.82) is 0 Å². The van der Waals surface area contributed by atoms with Gasteiger partial charge in [0.1, 0.15) is 5.82 Å². The van der Waals surface area contributed by atoms with Crippen LogP contribution in [0.5, 0.6) is 0 Å². The van der Waals surface area contributed by atoms with Gasteiger partial charge in [0.25, 0.3) is 5.91 Å². The normalized spacial score (nSPS) is 10.1. The van der Waals surface area contributed by atoms with Crippen LogP contribution in [0, 0.1) is 5.82 Å². The molecule has 5 heteroatoms. The SMILES string of the molecule is O=C(CF)Nc1ccc(F)c(-c2ccccn2)c1. The number of carbonyl (C=O) groups excluding carboxylic acids is 1. The van der Waals surface area contributed by atoms with E-state index in [4.69, 9.17) is 0 Å². The van der Waals surface area contributed by atoms with Crippen LogP contribution < -0.4 is 5.32 Å². The minimum Gasteiger partial charge on any atom is -0.324 e. The van der Waals surface area contributed by atoms with Crippen molar-refractivity contribution in [2.45, 2.75) is 0 Å². The second-order valence-corrected chi connectivity index (χ2v) is 3.59. The number of benzene rings is 1. The van der Waals surface area contributed by atoms with Gasteiger partial charge in [0.15, 0.2) is 6.67 Å². The van der Waals surface area contributed by atoms with Gasteiger partial charge < -0.3 is 5.32 Å². The molecule has 0 spiro atoms. The molecule has 0 radical (unpaired) electrons. The number of aromatic nitrogens is 1. The zero-order valence-corrected chi connectivity index (χ0v) is 9.36. The Labute approximate surface area is 102 Å². The summed E-state index contributed by atoms with van der Waals surface area (Å²) in [6.07, 6.45) is 1.54. The third kappa shape index (κ3) is 2.68. The lowest BCUT2D eigenvalue weighted by molar-refractivity contribution is -0.117. The van der Waals surface area contributed by atoms with Crippen molar-refractivity contribution in [1.82, 2.24) is 4.98 Å². The molecule has 0 aliphatic heterocycles. The van der Waals surface area contributed by atoms with Crippen molar-refractivity contribution >= 4 is 11.6 Å². The summed E-state index contributed by atoms with van der Waals surface area (Å²) >= 11 is 0. The number of pyridine rings is 1. The van der Waals surface area contributed by atoms with Crippen LogP contribution in [0.4, 0.5) is 14.5 Å². The van der Waals surface area contributed by atoms with Crippen molar-refractivity contribution < 1.29 is 13.6 Å². The maximum Gasteiger partial charge on any atom is 0.255 e. The topological polar surface area (TPSA) is 42.0 Å². The highest BCUT2D eigenvalue weighted by molar-refractivity contribution is 5.92. The van der Waals surface area contributed by atoms with Gasteiger partial charge in [-0.2, -0.15) is 0 Å². The van der Waals surface area contributed by atoms with E-state index in [0.717, 1.165) is 0 Å². The monoisotopic (exact) mass is 248 g/mol. The molecule has 92 valence electrons. The number of nitrogens with zero attached hydrogens (tertiary/aromatic N) is 1. The summed E-state index contributed by atoms with van der Waals surface area (Å²) in [5, 5.41) is 2.32. The molecule has 2 aromatic rings. The van der Waals surface area contributed by atoms with Crippen molar-refractivity contribution in [3.8, 4) is 11.3 Å². The number of anilines is 1. The molecule has 1 N–H and O–H groups in total. The van der Waals surface area contributed by atoms with Crippen molar-refractivity contribution in [2.75, 3.05) is 12.0 Å². The highest BCUT2D eigenvalue weighted by atomic mass is 19.1. The third-order valence-electron chi connectivity index (χ3n) is 2.31. The average Bonchev–Trinajstić information content (AvgIpc) is 2.42. The van der Waals surface area contributed by atoms with E-state index in [1.165, 1.54) is 18.2 Å². The Hall–Kier alpha value is -2.30. The highest BCUT2D eigenvalue weighted by Crippen LogP contribution is 2.24. The van der Waals surface area contributed by atoms with Gasteiger partial charge in [0.2, 0.25) is 0 Å². The summed E-state index contributed by atoms with van der Waals surface area (Å²) in [7, 11) is 0. The van der Waals surface area contributed by atoms with E-state index < -0.39 is 18.4 Å². The lowest BCUT2D eigenvalue weighted by atomic mass is 10.1. The molecule has 1 amide bonds. The molecule has 3 nitrogen and oxygen atoms in total. The standard InChI is InChI=1S/C13H10F2N2O/c14-8-13(18)17-9-4-5-11(15)10(7-9)12-3-1-2-6-16-12/h1-7H,8H2,(H,17,18). The number of nitrogens with one attached hydrogen (secondary N) is 1.